The fraction of sp³-hybridized carbons (Fsp3) is 0.409. The van der Waals surface area contributed by atoms with Crippen LogP contribution < -0.4 is 5.32 Å². The Balaban J connectivity index is 1.85. The van der Waals surface area contributed by atoms with E-state index in [-0.39, 0.29) is 31.4 Å². The molecule has 2 aliphatic rings. The first-order valence-electron chi connectivity index (χ1n) is 9.91. The molecule has 29 heavy (non-hydrogen) atoms. The standard InChI is InChI=1S/C22H24N2O5/c1-3-24-19(25)16-17(20(24)26)22(21(27)28-4-2,13-14-9-6-5-7-10-14)23-18(16)15-11-8-12-29-15/h5-12,16-18,23H,3-4,13H2,1-2H3/t16-,17+,18-,22-/m1/s1. The van der Waals surface area contributed by atoms with Crippen LogP contribution in [-0.4, -0.2) is 41.4 Å². The molecule has 2 aliphatic heterocycles. The molecule has 4 atom stereocenters. The Hall–Kier alpha value is -2.93. The molecule has 152 valence electrons. The number of benzene rings is 1. The van der Waals surface area contributed by atoms with Crippen molar-refractivity contribution in [3.63, 3.8) is 0 Å². The number of imide groups is 1. The van der Waals surface area contributed by atoms with E-state index in [9.17, 15) is 14.4 Å². The molecule has 7 heteroatoms. The normalized spacial score (nSPS) is 28.6. The highest BCUT2D eigenvalue weighted by molar-refractivity contribution is 6.09. The average Bonchev–Trinajstić information content (AvgIpc) is 3.41. The van der Waals surface area contributed by atoms with Crippen molar-refractivity contribution in [2.75, 3.05) is 13.2 Å². The second-order valence-electron chi connectivity index (χ2n) is 7.42. The van der Waals surface area contributed by atoms with Gasteiger partial charge in [0.25, 0.3) is 0 Å². The van der Waals surface area contributed by atoms with Crippen LogP contribution in [0, 0.1) is 11.8 Å². The molecule has 1 N–H and O–H groups in total. The van der Waals surface area contributed by atoms with E-state index in [0.717, 1.165) is 5.56 Å². The summed E-state index contributed by atoms with van der Waals surface area (Å²) in [5.74, 6) is -2.19. The van der Waals surface area contributed by atoms with Gasteiger partial charge in [-0.15, -0.1) is 0 Å². The number of nitrogens with zero attached hydrogens (tertiary/aromatic N) is 1. The summed E-state index contributed by atoms with van der Waals surface area (Å²) in [6.45, 7) is 3.93. The summed E-state index contributed by atoms with van der Waals surface area (Å²) in [4.78, 5) is 40.9. The van der Waals surface area contributed by atoms with E-state index in [2.05, 4.69) is 5.32 Å². The van der Waals surface area contributed by atoms with E-state index in [4.69, 9.17) is 9.15 Å². The van der Waals surface area contributed by atoms with Crippen molar-refractivity contribution in [2.45, 2.75) is 31.8 Å². The third kappa shape index (κ3) is 2.97. The molecule has 1 aromatic carbocycles. The Morgan fingerprint density at radius 1 is 1.14 bits per heavy atom. The first-order valence-corrected chi connectivity index (χ1v) is 9.91. The number of nitrogens with one attached hydrogen (secondary N) is 1. The largest absolute Gasteiger partial charge is 0.468 e. The van der Waals surface area contributed by atoms with Crippen LogP contribution in [-0.2, 0) is 25.5 Å². The smallest absolute Gasteiger partial charge is 0.327 e. The van der Waals surface area contributed by atoms with E-state index in [1.807, 2.05) is 30.3 Å². The minimum atomic E-state index is -1.35. The number of esters is 1. The van der Waals surface area contributed by atoms with E-state index in [0.29, 0.717) is 5.76 Å². The molecule has 0 saturated carbocycles. The van der Waals surface area contributed by atoms with E-state index >= 15 is 0 Å². The highest BCUT2D eigenvalue weighted by Crippen LogP contribution is 2.50. The fourth-order valence-electron chi connectivity index (χ4n) is 4.69. The Morgan fingerprint density at radius 3 is 2.52 bits per heavy atom. The van der Waals surface area contributed by atoms with E-state index in [1.165, 1.54) is 11.2 Å². The van der Waals surface area contributed by atoms with Crippen LogP contribution in [0.2, 0.25) is 0 Å². The van der Waals surface area contributed by atoms with Crippen molar-refractivity contribution < 1.29 is 23.5 Å². The van der Waals surface area contributed by atoms with Crippen LogP contribution in [0.4, 0.5) is 0 Å². The molecule has 2 aromatic rings. The summed E-state index contributed by atoms with van der Waals surface area (Å²) in [6, 6.07) is 12.3. The van der Waals surface area contributed by atoms with Crippen LogP contribution >= 0.6 is 0 Å². The maximum Gasteiger partial charge on any atom is 0.327 e. The number of hydrogen-bond donors (Lipinski definition) is 1. The van der Waals surface area contributed by atoms with Gasteiger partial charge in [-0.3, -0.25) is 24.6 Å². The second kappa shape index (κ2) is 7.48. The number of fused-ring (bicyclic) bond motifs is 1. The van der Waals surface area contributed by atoms with Gasteiger partial charge in [0, 0.05) is 13.0 Å². The number of furan rings is 1. The SMILES string of the molecule is CCOC(=O)[C@]1(Cc2ccccc2)N[C@H](c2ccco2)[C@@H]2C(=O)N(CC)C(=O)[C@H]21. The van der Waals surface area contributed by atoms with Gasteiger partial charge in [0.1, 0.15) is 11.3 Å². The first kappa shape index (κ1) is 19.4. The van der Waals surface area contributed by atoms with Crippen LogP contribution in [0.1, 0.15) is 31.2 Å². The van der Waals surface area contributed by atoms with Gasteiger partial charge in [0.2, 0.25) is 11.8 Å². The van der Waals surface area contributed by atoms with Crippen molar-refractivity contribution in [3.8, 4) is 0 Å². The van der Waals surface area contributed by atoms with Gasteiger partial charge in [-0.2, -0.15) is 0 Å². The maximum absolute atomic E-state index is 13.3. The van der Waals surface area contributed by atoms with Crippen LogP contribution in [0.25, 0.3) is 0 Å². The van der Waals surface area contributed by atoms with Gasteiger partial charge in [-0.05, 0) is 31.5 Å². The summed E-state index contributed by atoms with van der Waals surface area (Å²) >= 11 is 0. The molecule has 3 heterocycles. The minimum absolute atomic E-state index is 0.180. The molecule has 0 bridgehead atoms. The van der Waals surface area contributed by atoms with E-state index in [1.54, 1.807) is 26.0 Å². The van der Waals surface area contributed by atoms with Crippen LogP contribution in [0.5, 0.6) is 0 Å². The molecule has 0 spiro atoms. The predicted octanol–water partition coefficient (Wildman–Crippen LogP) is 2.09. The number of rotatable bonds is 6. The van der Waals surface area contributed by atoms with Crippen molar-refractivity contribution >= 4 is 17.8 Å². The lowest BCUT2D eigenvalue weighted by molar-refractivity contribution is -0.156. The van der Waals surface area contributed by atoms with Gasteiger partial charge >= 0.3 is 5.97 Å². The number of carbonyl (C=O) groups is 3. The zero-order valence-electron chi connectivity index (χ0n) is 16.5. The molecule has 2 saturated heterocycles. The lowest BCUT2D eigenvalue weighted by Crippen LogP contribution is -2.58. The summed E-state index contributed by atoms with van der Waals surface area (Å²) < 4.78 is 11.0. The number of ether oxygens (including phenoxy) is 1. The van der Waals surface area contributed by atoms with Gasteiger partial charge in [-0.25, -0.2) is 0 Å². The summed E-state index contributed by atoms with van der Waals surface area (Å²) in [5.41, 5.74) is -0.474. The quantitative estimate of drug-likeness (QED) is 0.594. The molecule has 7 nitrogen and oxygen atoms in total. The fourth-order valence-corrected chi connectivity index (χ4v) is 4.69. The third-order valence-electron chi connectivity index (χ3n) is 5.88. The Labute approximate surface area is 169 Å². The molecular weight excluding hydrogens is 372 g/mol. The van der Waals surface area contributed by atoms with Gasteiger partial charge in [0.05, 0.1) is 30.7 Å². The third-order valence-corrected chi connectivity index (χ3v) is 5.88. The predicted molar refractivity (Wildman–Crippen MR) is 103 cm³/mol. The van der Waals surface area contributed by atoms with Crippen LogP contribution in [0.3, 0.4) is 0 Å². The Bertz CT molecular complexity index is 911. The van der Waals surface area contributed by atoms with Crippen molar-refractivity contribution in [3.05, 3.63) is 60.1 Å². The Kier molecular flexibility index (Phi) is 5.00. The summed E-state index contributed by atoms with van der Waals surface area (Å²) in [7, 11) is 0. The first-order chi connectivity index (χ1) is 14.0. The van der Waals surface area contributed by atoms with Gasteiger partial charge < -0.3 is 9.15 Å². The molecule has 0 unspecified atom stereocenters. The topological polar surface area (TPSA) is 88.8 Å². The monoisotopic (exact) mass is 396 g/mol. The van der Waals surface area contributed by atoms with Gasteiger partial charge in [0.15, 0.2) is 0 Å². The number of likely N-dealkylation sites (tertiary alicyclic amines) is 1. The zero-order chi connectivity index (χ0) is 20.6. The minimum Gasteiger partial charge on any atom is -0.468 e. The molecule has 1 aromatic heterocycles. The molecule has 2 amide bonds. The molecular formula is C22H24N2O5. The molecule has 2 fully saturated rings. The molecule has 0 radical (unpaired) electrons. The maximum atomic E-state index is 13.3. The molecule has 4 rings (SSSR count). The van der Waals surface area contributed by atoms with Crippen LogP contribution in [0.15, 0.2) is 53.1 Å². The lowest BCUT2D eigenvalue weighted by atomic mass is 9.76. The zero-order valence-corrected chi connectivity index (χ0v) is 16.5. The lowest BCUT2D eigenvalue weighted by Gasteiger charge is -2.32. The van der Waals surface area contributed by atoms with E-state index < -0.39 is 29.4 Å². The van der Waals surface area contributed by atoms with Crippen molar-refractivity contribution in [2.24, 2.45) is 11.8 Å². The summed E-state index contributed by atoms with van der Waals surface area (Å²) in [6.07, 6.45) is 1.76. The highest BCUT2D eigenvalue weighted by Gasteiger charge is 2.69. The molecule has 0 aliphatic carbocycles. The highest BCUT2D eigenvalue weighted by atomic mass is 16.5. The summed E-state index contributed by atoms with van der Waals surface area (Å²) in [5, 5.41) is 3.31. The van der Waals surface area contributed by atoms with Crippen molar-refractivity contribution in [1.29, 1.82) is 0 Å². The Morgan fingerprint density at radius 2 is 1.90 bits per heavy atom. The second-order valence-corrected chi connectivity index (χ2v) is 7.42. The number of carbonyl (C=O) groups excluding carboxylic acids is 3. The average molecular weight is 396 g/mol. The number of amides is 2. The van der Waals surface area contributed by atoms with Gasteiger partial charge in [-0.1, -0.05) is 30.3 Å². The number of hydrogen-bond acceptors (Lipinski definition) is 6. The van der Waals surface area contributed by atoms with Crippen molar-refractivity contribution in [1.82, 2.24) is 10.2 Å².